The van der Waals surface area contributed by atoms with E-state index in [0.717, 1.165) is 62.2 Å². The van der Waals surface area contributed by atoms with Gasteiger partial charge < -0.3 is 20.0 Å². The molecule has 41 heavy (non-hydrogen) atoms. The Labute approximate surface area is 238 Å². The molecular formula is C32H39F2N5O2. The van der Waals surface area contributed by atoms with E-state index in [4.69, 9.17) is 9.97 Å². The van der Waals surface area contributed by atoms with Crippen LogP contribution in [0.2, 0.25) is 0 Å². The maximum Gasteiger partial charge on any atom is 0.308 e. The first-order chi connectivity index (χ1) is 19.9. The van der Waals surface area contributed by atoms with Crippen molar-refractivity contribution < 1.29 is 18.7 Å². The van der Waals surface area contributed by atoms with Crippen LogP contribution in [-0.2, 0) is 11.3 Å². The Hall–Kier alpha value is -3.49. The van der Waals surface area contributed by atoms with Gasteiger partial charge in [0.15, 0.2) is 5.82 Å². The molecule has 9 heteroatoms. The summed E-state index contributed by atoms with van der Waals surface area (Å²) in [6, 6.07) is 3.92. The average molecular weight is 564 g/mol. The molecule has 2 bridgehead atoms. The van der Waals surface area contributed by atoms with Crippen LogP contribution in [0.25, 0.3) is 33.3 Å². The van der Waals surface area contributed by atoms with Crippen LogP contribution in [0.5, 0.6) is 0 Å². The van der Waals surface area contributed by atoms with Gasteiger partial charge in [0.1, 0.15) is 23.1 Å². The third-order valence-corrected chi connectivity index (χ3v) is 9.38. The second-order valence-electron chi connectivity index (χ2n) is 12.0. The number of nitrogens with zero attached hydrogens (tertiary/aromatic N) is 3. The molecule has 3 aromatic heterocycles. The number of hydrogen-bond donors (Lipinski definition) is 3. The van der Waals surface area contributed by atoms with E-state index in [1.54, 1.807) is 6.20 Å². The maximum atomic E-state index is 14.5. The zero-order chi connectivity index (χ0) is 28.5. The van der Waals surface area contributed by atoms with E-state index < -0.39 is 23.5 Å². The number of aryl methyl sites for hydroxylation is 1. The van der Waals surface area contributed by atoms with E-state index in [2.05, 4.69) is 21.8 Å². The summed E-state index contributed by atoms with van der Waals surface area (Å²) >= 11 is 0. The fourth-order valence-electron chi connectivity index (χ4n) is 7.23. The summed E-state index contributed by atoms with van der Waals surface area (Å²) < 4.78 is 30.9. The molecule has 3 N–H and O–H groups in total. The minimum absolute atomic E-state index is 0.160. The average Bonchev–Trinajstić information content (AvgIpc) is 3.57. The first-order valence-corrected chi connectivity index (χ1v) is 15.3. The third kappa shape index (κ3) is 5.43. The van der Waals surface area contributed by atoms with E-state index >= 15 is 0 Å². The molecule has 0 aliphatic heterocycles. The van der Waals surface area contributed by atoms with Crippen molar-refractivity contribution in [3.8, 4) is 11.4 Å². The number of fused-ring (bicyclic) bond motifs is 5. The predicted octanol–water partition coefficient (Wildman–Crippen LogP) is 7.91. The lowest BCUT2D eigenvalue weighted by molar-refractivity contribution is -0.148. The molecule has 7 rings (SSSR count). The minimum Gasteiger partial charge on any atom is -0.481 e. The number of carboxylic acid groups (broad SMARTS) is 1. The number of aliphatic carboxylic acids is 1. The van der Waals surface area contributed by atoms with Gasteiger partial charge in [-0.1, -0.05) is 45.4 Å². The summed E-state index contributed by atoms with van der Waals surface area (Å²) in [6.45, 7) is 3.02. The molecule has 0 spiro atoms. The van der Waals surface area contributed by atoms with E-state index in [1.807, 2.05) is 12.3 Å². The Morgan fingerprint density at radius 1 is 1.02 bits per heavy atom. The summed E-state index contributed by atoms with van der Waals surface area (Å²) in [5, 5.41) is 14.9. The molecule has 1 aromatic carbocycles. The third-order valence-electron chi connectivity index (χ3n) is 9.38. The Morgan fingerprint density at radius 3 is 2.51 bits per heavy atom. The highest BCUT2D eigenvalue weighted by molar-refractivity contribution is 5.96. The van der Waals surface area contributed by atoms with Crippen molar-refractivity contribution >= 4 is 33.7 Å². The van der Waals surface area contributed by atoms with Crippen LogP contribution in [0.1, 0.15) is 77.6 Å². The Kier molecular flexibility index (Phi) is 7.95. The van der Waals surface area contributed by atoms with E-state index in [1.165, 1.54) is 38.2 Å². The van der Waals surface area contributed by atoms with Gasteiger partial charge in [0.05, 0.1) is 16.8 Å². The quantitative estimate of drug-likeness (QED) is 0.152. The SMILES string of the molecule is CCCCCCCCCn1ccc2c(NC3C4CCC(CC4)C3C(=O)O)nc(-c3c[nH]c4c(F)cc(F)cc34)nc21. The number of halogens is 2. The number of aromatic nitrogens is 4. The number of rotatable bonds is 12. The monoisotopic (exact) mass is 563 g/mol. The van der Waals surface area contributed by atoms with Crippen molar-refractivity contribution in [2.75, 3.05) is 5.32 Å². The number of aromatic amines is 1. The number of H-pyrrole nitrogens is 1. The molecule has 0 amide bonds. The number of carboxylic acids is 1. The van der Waals surface area contributed by atoms with Crippen molar-refractivity contribution in [1.29, 1.82) is 0 Å². The first kappa shape index (κ1) is 27.7. The molecule has 0 radical (unpaired) electrons. The molecule has 3 heterocycles. The van der Waals surface area contributed by atoms with E-state index in [0.29, 0.717) is 22.6 Å². The lowest BCUT2D eigenvalue weighted by Gasteiger charge is -2.47. The Bertz CT molecular complexity index is 1540. The lowest BCUT2D eigenvalue weighted by Crippen LogP contribution is -2.51. The summed E-state index contributed by atoms with van der Waals surface area (Å²) in [5.41, 5.74) is 1.45. The van der Waals surface area contributed by atoms with Gasteiger partial charge in [-0.15, -0.1) is 0 Å². The van der Waals surface area contributed by atoms with Gasteiger partial charge in [0.2, 0.25) is 0 Å². The Morgan fingerprint density at radius 2 is 1.76 bits per heavy atom. The van der Waals surface area contributed by atoms with Crippen LogP contribution in [0.4, 0.5) is 14.6 Å². The van der Waals surface area contributed by atoms with Gasteiger partial charge >= 0.3 is 5.97 Å². The molecule has 218 valence electrons. The normalized spacial score (nSPS) is 22.1. The van der Waals surface area contributed by atoms with Crippen molar-refractivity contribution in [1.82, 2.24) is 19.5 Å². The summed E-state index contributed by atoms with van der Waals surface area (Å²) in [5.74, 6) is -1.21. The highest BCUT2D eigenvalue weighted by Gasteiger charge is 2.47. The van der Waals surface area contributed by atoms with Crippen LogP contribution >= 0.6 is 0 Å². The Balaban J connectivity index is 1.36. The highest BCUT2D eigenvalue weighted by atomic mass is 19.1. The van der Waals surface area contributed by atoms with Crippen LogP contribution < -0.4 is 5.32 Å². The molecule has 3 aliphatic carbocycles. The molecule has 3 fully saturated rings. The van der Waals surface area contributed by atoms with Crippen molar-refractivity contribution in [2.45, 2.75) is 90.1 Å². The maximum absolute atomic E-state index is 14.5. The van der Waals surface area contributed by atoms with Gasteiger partial charge in [-0.3, -0.25) is 4.79 Å². The topological polar surface area (TPSA) is 95.8 Å². The molecule has 3 saturated carbocycles. The second kappa shape index (κ2) is 11.8. The van der Waals surface area contributed by atoms with Crippen LogP contribution in [0.15, 0.2) is 30.6 Å². The highest BCUT2D eigenvalue weighted by Crippen LogP contribution is 2.47. The zero-order valence-corrected chi connectivity index (χ0v) is 23.6. The van der Waals surface area contributed by atoms with E-state index in [-0.39, 0.29) is 23.4 Å². The lowest BCUT2D eigenvalue weighted by atomic mass is 9.61. The van der Waals surface area contributed by atoms with Gasteiger partial charge in [0.25, 0.3) is 0 Å². The molecule has 2 atom stereocenters. The van der Waals surface area contributed by atoms with Gasteiger partial charge in [-0.25, -0.2) is 18.7 Å². The summed E-state index contributed by atoms with van der Waals surface area (Å²) in [6.07, 6.45) is 16.0. The number of unbranched alkanes of at least 4 members (excludes halogenated alkanes) is 6. The molecular weight excluding hydrogens is 524 g/mol. The van der Waals surface area contributed by atoms with Crippen molar-refractivity contribution in [3.05, 3.63) is 42.2 Å². The summed E-state index contributed by atoms with van der Waals surface area (Å²) in [7, 11) is 0. The number of carbonyl (C=O) groups is 1. The molecule has 7 nitrogen and oxygen atoms in total. The van der Waals surface area contributed by atoms with Gasteiger partial charge in [-0.2, -0.15) is 0 Å². The number of anilines is 1. The molecule has 3 aliphatic rings. The largest absolute Gasteiger partial charge is 0.481 e. The molecule has 0 saturated heterocycles. The number of benzene rings is 1. The van der Waals surface area contributed by atoms with Gasteiger partial charge in [0, 0.05) is 42.0 Å². The van der Waals surface area contributed by atoms with E-state index in [9.17, 15) is 18.7 Å². The van der Waals surface area contributed by atoms with Crippen LogP contribution in [0, 0.1) is 29.4 Å². The first-order valence-electron chi connectivity index (χ1n) is 15.3. The fraction of sp³-hybridized carbons (Fsp3) is 0.531. The number of hydrogen-bond acceptors (Lipinski definition) is 4. The minimum atomic E-state index is -0.762. The predicted molar refractivity (Wildman–Crippen MR) is 157 cm³/mol. The standard InChI is InChI=1S/C32H39F2N5O2/c1-2-3-4-5-6-7-8-14-39-15-13-22-29(36-27-20-11-9-19(10-12-20)26(27)32(40)41)37-30(38-31(22)39)24-18-35-28-23(24)16-21(33)17-25(28)34/h13,15-20,26-27,35H,2-12,14H2,1H3,(H,40,41)(H,36,37,38). The van der Waals surface area contributed by atoms with Crippen molar-refractivity contribution in [3.63, 3.8) is 0 Å². The van der Waals surface area contributed by atoms with Crippen molar-refractivity contribution in [2.24, 2.45) is 17.8 Å². The van der Waals surface area contributed by atoms with Gasteiger partial charge in [-0.05, 0) is 56.1 Å². The molecule has 2 unspecified atom stereocenters. The summed E-state index contributed by atoms with van der Waals surface area (Å²) in [4.78, 5) is 25.1. The van der Waals surface area contributed by atoms with Crippen LogP contribution in [-0.4, -0.2) is 36.6 Å². The van der Waals surface area contributed by atoms with Crippen LogP contribution in [0.3, 0.4) is 0 Å². The fourth-order valence-corrected chi connectivity index (χ4v) is 7.23. The molecule has 4 aromatic rings. The zero-order valence-electron chi connectivity index (χ0n) is 23.6. The second-order valence-corrected chi connectivity index (χ2v) is 12.0. The smallest absolute Gasteiger partial charge is 0.308 e. The number of nitrogens with one attached hydrogen (secondary N) is 2.